The Morgan fingerprint density at radius 1 is 1.00 bits per heavy atom. The second kappa shape index (κ2) is 7.93. The number of thioether (sulfide) groups is 2. The molecule has 0 N–H and O–H groups in total. The van der Waals surface area contributed by atoms with Crippen LogP contribution in [0.4, 0.5) is 5.69 Å². The van der Waals surface area contributed by atoms with E-state index in [1.165, 1.54) is 11.8 Å². The van der Waals surface area contributed by atoms with Gasteiger partial charge in [0.1, 0.15) is 0 Å². The fraction of sp³-hybridized carbons (Fsp3) is 0.136. The largest absolute Gasteiger partial charge is 0.302 e. The number of anilines is 1. The highest BCUT2D eigenvalue weighted by molar-refractivity contribution is 8.00. The first-order valence-electron chi connectivity index (χ1n) is 9.32. The number of hydrogen-bond acceptors (Lipinski definition) is 5. The molecule has 7 heteroatoms. The van der Waals surface area contributed by atoms with Crippen LogP contribution in [0, 0.1) is 0 Å². The van der Waals surface area contributed by atoms with E-state index in [2.05, 4.69) is 28.4 Å². The maximum Gasteiger partial charge on any atom is 0.238 e. The van der Waals surface area contributed by atoms with Crippen LogP contribution in [0.15, 0.2) is 89.0 Å². The summed E-state index contributed by atoms with van der Waals surface area (Å²) in [5, 5.41) is 9.13. The highest BCUT2D eigenvalue weighted by atomic mass is 32.2. The summed E-state index contributed by atoms with van der Waals surface area (Å²) in [7, 11) is 0. The van der Waals surface area contributed by atoms with Crippen LogP contribution in [0.25, 0.3) is 5.65 Å². The smallest absolute Gasteiger partial charge is 0.238 e. The number of carbonyl (C=O) groups excluding carboxylic acids is 1. The Morgan fingerprint density at radius 3 is 2.69 bits per heavy atom. The van der Waals surface area contributed by atoms with Crippen molar-refractivity contribution in [1.82, 2.24) is 14.6 Å². The van der Waals surface area contributed by atoms with E-state index in [4.69, 9.17) is 0 Å². The molecule has 2 aromatic carbocycles. The van der Waals surface area contributed by atoms with Crippen LogP contribution in [-0.2, 0) is 4.79 Å². The number of carbonyl (C=O) groups is 1. The molecule has 0 fully saturated rings. The lowest BCUT2D eigenvalue weighted by atomic mass is 10.1. The number of benzene rings is 2. The molecule has 144 valence electrons. The van der Waals surface area contributed by atoms with Gasteiger partial charge in [0.25, 0.3) is 0 Å². The molecule has 1 aliphatic rings. The van der Waals surface area contributed by atoms with Crippen molar-refractivity contribution in [1.29, 1.82) is 0 Å². The topological polar surface area (TPSA) is 50.5 Å². The van der Waals surface area contributed by atoms with Crippen LogP contribution >= 0.6 is 23.5 Å². The first-order chi connectivity index (χ1) is 14.3. The van der Waals surface area contributed by atoms with E-state index in [1.54, 1.807) is 11.8 Å². The van der Waals surface area contributed by atoms with Crippen molar-refractivity contribution in [2.45, 2.75) is 16.1 Å². The van der Waals surface area contributed by atoms with E-state index in [9.17, 15) is 4.79 Å². The molecule has 4 aromatic rings. The van der Waals surface area contributed by atoms with Crippen molar-refractivity contribution in [2.24, 2.45) is 0 Å². The minimum absolute atomic E-state index is 0.0133. The number of para-hydroxylation sites is 1. The molecule has 1 amide bonds. The van der Waals surface area contributed by atoms with Gasteiger partial charge in [-0.25, -0.2) is 0 Å². The number of amides is 1. The summed E-state index contributed by atoms with van der Waals surface area (Å²) in [6, 6.07) is 24.2. The lowest BCUT2D eigenvalue weighted by Crippen LogP contribution is -2.39. The van der Waals surface area contributed by atoms with E-state index in [0.29, 0.717) is 5.75 Å². The average Bonchev–Trinajstić information content (AvgIpc) is 3.20. The van der Waals surface area contributed by atoms with Crippen molar-refractivity contribution in [3.05, 3.63) is 84.6 Å². The molecule has 0 saturated heterocycles. The molecule has 0 unspecified atom stereocenters. The summed E-state index contributed by atoms with van der Waals surface area (Å²) >= 11 is 3.22. The molecule has 0 bridgehead atoms. The normalized spacial score (nSPS) is 16.0. The van der Waals surface area contributed by atoms with Gasteiger partial charge in [-0.05, 0) is 29.8 Å². The van der Waals surface area contributed by atoms with Gasteiger partial charge in [0.2, 0.25) is 5.91 Å². The second-order valence-electron chi connectivity index (χ2n) is 6.67. The number of nitrogens with zero attached hydrogens (tertiary/aromatic N) is 4. The van der Waals surface area contributed by atoms with Gasteiger partial charge in [-0.2, -0.15) is 0 Å². The molecule has 5 rings (SSSR count). The lowest BCUT2D eigenvalue weighted by molar-refractivity contribution is -0.116. The lowest BCUT2D eigenvalue weighted by Gasteiger charge is -2.37. The Bertz CT molecular complexity index is 1160. The second-order valence-corrected chi connectivity index (χ2v) is 8.67. The van der Waals surface area contributed by atoms with E-state index >= 15 is 0 Å². The van der Waals surface area contributed by atoms with Crippen molar-refractivity contribution >= 4 is 40.8 Å². The van der Waals surface area contributed by atoms with Crippen LogP contribution in [0.2, 0.25) is 0 Å². The van der Waals surface area contributed by atoms with Crippen LogP contribution in [-0.4, -0.2) is 32.0 Å². The fourth-order valence-corrected chi connectivity index (χ4v) is 5.48. The Morgan fingerprint density at radius 2 is 1.79 bits per heavy atom. The minimum Gasteiger partial charge on any atom is -0.302 e. The maximum absolute atomic E-state index is 13.4. The molecule has 1 atom stereocenters. The molecular weight excluding hydrogens is 400 g/mol. The summed E-state index contributed by atoms with van der Waals surface area (Å²) in [4.78, 5) is 16.5. The predicted molar refractivity (Wildman–Crippen MR) is 118 cm³/mol. The molecule has 1 aliphatic heterocycles. The van der Waals surface area contributed by atoms with Gasteiger partial charge in [-0.15, -0.1) is 22.0 Å². The maximum atomic E-state index is 13.4. The highest BCUT2D eigenvalue weighted by Crippen LogP contribution is 2.43. The molecule has 2 aromatic heterocycles. The third-order valence-corrected chi connectivity index (χ3v) is 6.96. The van der Waals surface area contributed by atoms with Gasteiger partial charge in [0.05, 0.1) is 17.5 Å². The molecular formula is C22H18N4OS2. The van der Waals surface area contributed by atoms with Gasteiger partial charge in [-0.1, -0.05) is 60.3 Å². The average molecular weight is 419 g/mol. The van der Waals surface area contributed by atoms with Crippen LogP contribution < -0.4 is 4.90 Å². The van der Waals surface area contributed by atoms with E-state index in [0.717, 1.165) is 32.7 Å². The summed E-state index contributed by atoms with van der Waals surface area (Å²) in [5.74, 6) is 1.22. The highest BCUT2D eigenvalue weighted by Gasteiger charge is 2.32. The van der Waals surface area contributed by atoms with Gasteiger partial charge in [0.15, 0.2) is 10.8 Å². The Balaban J connectivity index is 1.44. The molecule has 5 nitrogen and oxygen atoms in total. The summed E-state index contributed by atoms with van der Waals surface area (Å²) in [6.07, 6.45) is 1.92. The third-order valence-electron chi connectivity index (χ3n) is 4.89. The zero-order valence-electron chi connectivity index (χ0n) is 15.5. The summed E-state index contributed by atoms with van der Waals surface area (Å²) < 4.78 is 1.91. The van der Waals surface area contributed by atoms with Crippen molar-refractivity contribution in [2.75, 3.05) is 16.4 Å². The fourth-order valence-electron chi connectivity index (χ4n) is 3.53. The predicted octanol–water partition coefficient (Wildman–Crippen LogP) is 4.70. The standard InChI is InChI=1S/C22H18N4OS2/c27-21(15-29-22-24-23-20-12-6-7-13-25(20)22)26-17-10-4-5-11-19(17)28-14-18(26)16-8-2-1-3-9-16/h1-13,18H,14-15H2/t18-/m1/s1. The number of rotatable bonds is 4. The summed E-state index contributed by atoms with van der Waals surface area (Å²) in [6.45, 7) is 0. The Hall–Kier alpha value is -2.77. The SMILES string of the molecule is O=C(CSc1nnc2ccccn12)N1c2ccccc2SC[C@@H]1c1ccccc1. The molecule has 0 aliphatic carbocycles. The molecule has 0 radical (unpaired) electrons. The van der Waals surface area contributed by atoms with Gasteiger partial charge < -0.3 is 4.90 Å². The van der Waals surface area contributed by atoms with Crippen molar-refractivity contribution < 1.29 is 4.79 Å². The van der Waals surface area contributed by atoms with Gasteiger partial charge in [-0.3, -0.25) is 9.20 Å². The number of fused-ring (bicyclic) bond motifs is 2. The molecule has 0 saturated carbocycles. The van der Waals surface area contributed by atoms with Crippen LogP contribution in [0.3, 0.4) is 0 Å². The number of aromatic nitrogens is 3. The van der Waals surface area contributed by atoms with Crippen LogP contribution in [0.5, 0.6) is 0 Å². The zero-order chi connectivity index (χ0) is 19.6. The van der Waals surface area contributed by atoms with Crippen LogP contribution in [0.1, 0.15) is 11.6 Å². The first-order valence-corrected chi connectivity index (χ1v) is 11.3. The molecule has 29 heavy (non-hydrogen) atoms. The van der Waals surface area contributed by atoms with Gasteiger partial charge >= 0.3 is 0 Å². The third kappa shape index (κ3) is 3.52. The molecule has 3 heterocycles. The van der Waals surface area contributed by atoms with Crippen molar-refractivity contribution in [3.8, 4) is 0 Å². The molecule has 0 spiro atoms. The monoisotopic (exact) mass is 418 g/mol. The number of pyridine rings is 1. The first kappa shape index (κ1) is 18.3. The van der Waals surface area contributed by atoms with Crippen molar-refractivity contribution in [3.63, 3.8) is 0 Å². The van der Waals surface area contributed by atoms with E-state index < -0.39 is 0 Å². The minimum atomic E-state index is 0.0133. The van der Waals surface area contributed by atoms with E-state index in [1.807, 2.05) is 70.1 Å². The Kier molecular flexibility index (Phi) is 4.99. The zero-order valence-corrected chi connectivity index (χ0v) is 17.1. The summed E-state index contributed by atoms with van der Waals surface area (Å²) in [5.41, 5.74) is 2.92. The van der Waals surface area contributed by atoms with E-state index in [-0.39, 0.29) is 11.9 Å². The Labute approximate surface area is 177 Å². The quantitative estimate of drug-likeness (QED) is 0.450. The number of hydrogen-bond donors (Lipinski definition) is 0. The van der Waals surface area contributed by atoms with Gasteiger partial charge in [0, 0.05) is 16.8 Å².